The number of carbonyl (C=O) groups excluding carboxylic acids is 1. The first-order valence-corrected chi connectivity index (χ1v) is 8.48. The van der Waals surface area contributed by atoms with Crippen LogP contribution in [0.3, 0.4) is 0 Å². The molecule has 0 saturated carbocycles. The summed E-state index contributed by atoms with van der Waals surface area (Å²) < 4.78 is 10.9. The maximum Gasteiger partial charge on any atom is 0.255 e. The van der Waals surface area contributed by atoms with Gasteiger partial charge in [-0.3, -0.25) is 4.79 Å². The highest BCUT2D eigenvalue weighted by atomic mass is 16.5. The van der Waals surface area contributed by atoms with Crippen molar-refractivity contribution in [2.45, 2.75) is 34.3 Å². The third-order valence-electron chi connectivity index (χ3n) is 4.40. The lowest BCUT2D eigenvalue weighted by Crippen LogP contribution is -2.13. The summed E-state index contributed by atoms with van der Waals surface area (Å²) >= 11 is 0. The second kappa shape index (κ2) is 7.44. The zero-order valence-electron chi connectivity index (χ0n) is 15.4. The van der Waals surface area contributed by atoms with Gasteiger partial charge in [-0.1, -0.05) is 23.4 Å². The molecule has 3 rings (SSSR count). The topological polar surface area (TPSA) is 64.4 Å². The zero-order valence-corrected chi connectivity index (χ0v) is 15.4. The maximum atomic E-state index is 12.5. The summed E-state index contributed by atoms with van der Waals surface area (Å²) in [6.45, 7) is 8.09. The first kappa shape index (κ1) is 17.7. The largest absolute Gasteiger partial charge is 0.489 e. The Bertz CT molecular complexity index is 887. The molecule has 26 heavy (non-hydrogen) atoms. The SMILES string of the molecule is Cc1cccc(C)c1NC(=O)c1ccc(OCc2c(C)noc2C)cc1. The third-order valence-corrected chi connectivity index (χ3v) is 4.40. The van der Waals surface area contributed by atoms with Gasteiger partial charge in [-0.15, -0.1) is 0 Å². The zero-order chi connectivity index (χ0) is 18.7. The van der Waals surface area contributed by atoms with Crippen molar-refractivity contribution in [2.75, 3.05) is 5.32 Å². The van der Waals surface area contributed by atoms with Gasteiger partial charge in [-0.2, -0.15) is 0 Å². The lowest BCUT2D eigenvalue weighted by molar-refractivity contribution is 0.102. The first-order valence-electron chi connectivity index (χ1n) is 8.48. The van der Waals surface area contributed by atoms with E-state index in [4.69, 9.17) is 9.26 Å². The molecule has 134 valence electrons. The van der Waals surface area contributed by atoms with Crippen LogP contribution in [0.2, 0.25) is 0 Å². The minimum absolute atomic E-state index is 0.139. The molecule has 1 heterocycles. The molecule has 0 saturated heterocycles. The van der Waals surface area contributed by atoms with Crippen LogP contribution in [-0.2, 0) is 6.61 Å². The van der Waals surface area contributed by atoms with E-state index in [0.29, 0.717) is 17.9 Å². The Labute approximate surface area is 153 Å². The number of nitrogens with zero attached hydrogens (tertiary/aromatic N) is 1. The Morgan fingerprint density at radius 2 is 1.69 bits per heavy atom. The van der Waals surface area contributed by atoms with Crippen LogP contribution in [0.25, 0.3) is 0 Å². The molecule has 0 bridgehead atoms. The number of hydrogen-bond acceptors (Lipinski definition) is 4. The Morgan fingerprint density at radius 3 is 2.27 bits per heavy atom. The normalized spacial score (nSPS) is 10.6. The predicted molar refractivity (Wildman–Crippen MR) is 101 cm³/mol. The first-order chi connectivity index (χ1) is 12.5. The van der Waals surface area contributed by atoms with Crippen molar-refractivity contribution in [3.05, 3.63) is 76.2 Å². The standard InChI is InChI=1S/C21H22N2O3/c1-13-6-5-7-14(2)20(13)22-21(24)17-8-10-18(11-9-17)25-12-19-15(3)23-26-16(19)4/h5-11H,12H2,1-4H3,(H,22,24). The summed E-state index contributed by atoms with van der Waals surface area (Å²) in [7, 11) is 0. The van der Waals surface area contributed by atoms with Crippen LogP contribution < -0.4 is 10.1 Å². The van der Waals surface area contributed by atoms with Gasteiger partial charge >= 0.3 is 0 Å². The number of amides is 1. The van der Waals surface area contributed by atoms with Crippen molar-refractivity contribution in [2.24, 2.45) is 0 Å². The van der Waals surface area contributed by atoms with Crippen LogP contribution in [0.15, 0.2) is 47.0 Å². The van der Waals surface area contributed by atoms with E-state index in [0.717, 1.165) is 33.8 Å². The van der Waals surface area contributed by atoms with Gasteiger partial charge in [0.15, 0.2) is 0 Å². The number of aryl methyl sites for hydroxylation is 4. The van der Waals surface area contributed by atoms with Gasteiger partial charge in [-0.05, 0) is 63.1 Å². The van der Waals surface area contributed by atoms with E-state index in [1.54, 1.807) is 24.3 Å². The number of benzene rings is 2. The minimum Gasteiger partial charge on any atom is -0.489 e. The van der Waals surface area contributed by atoms with E-state index in [1.165, 1.54) is 0 Å². The summed E-state index contributed by atoms with van der Waals surface area (Å²) in [6.07, 6.45) is 0. The molecule has 5 heteroatoms. The number of para-hydroxylation sites is 1. The van der Waals surface area contributed by atoms with Gasteiger partial charge in [-0.25, -0.2) is 0 Å². The Kier molecular flexibility index (Phi) is 5.07. The molecule has 0 aliphatic carbocycles. The Hall–Kier alpha value is -3.08. The second-order valence-electron chi connectivity index (χ2n) is 6.34. The van der Waals surface area contributed by atoms with Crippen molar-refractivity contribution in [3.63, 3.8) is 0 Å². The molecule has 0 unspecified atom stereocenters. The number of ether oxygens (including phenoxy) is 1. The Morgan fingerprint density at radius 1 is 1.04 bits per heavy atom. The molecule has 1 aromatic heterocycles. The van der Waals surface area contributed by atoms with E-state index < -0.39 is 0 Å². The summed E-state index contributed by atoms with van der Waals surface area (Å²) in [5, 5.41) is 6.89. The van der Waals surface area contributed by atoms with Crippen molar-refractivity contribution < 1.29 is 14.1 Å². The molecule has 0 atom stereocenters. The Balaban J connectivity index is 1.66. The summed E-state index contributed by atoms with van der Waals surface area (Å²) in [4.78, 5) is 12.5. The average molecular weight is 350 g/mol. The number of nitrogens with one attached hydrogen (secondary N) is 1. The molecule has 1 N–H and O–H groups in total. The summed E-state index contributed by atoms with van der Waals surface area (Å²) in [5.41, 5.74) is 5.29. The highest BCUT2D eigenvalue weighted by molar-refractivity contribution is 6.05. The van der Waals surface area contributed by atoms with Crippen LogP contribution in [0.1, 0.15) is 38.5 Å². The van der Waals surface area contributed by atoms with Crippen LogP contribution in [-0.4, -0.2) is 11.1 Å². The maximum absolute atomic E-state index is 12.5. The predicted octanol–water partition coefficient (Wildman–Crippen LogP) is 4.74. The van der Waals surface area contributed by atoms with Crippen molar-refractivity contribution in [1.29, 1.82) is 0 Å². The summed E-state index contributed by atoms with van der Waals surface area (Å²) in [5.74, 6) is 1.31. The molecule has 0 aliphatic heterocycles. The number of carbonyl (C=O) groups is 1. The van der Waals surface area contributed by atoms with E-state index in [9.17, 15) is 4.79 Å². The molecule has 1 amide bonds. The van der Waals surface area contributed by atoms with E-state index >= 15 is 0 Å². The van der Waals surface area contributed by atoms with E-state index in [1.807, 2.05) is 45.9 Å². The molecule has 5 nitrogen and oxygen atoms in total. The second-order valence-corrected chi connectivity index (χ2v) is 6.34. The fourth-order valence-electron chi connectivity index (χ4n) is 2.76. The summed E-state index contributed by atoms with van der Waals surface area (Å²) in [6, 6.07) is 13.0. The number of anilines is 1. The van der Waals surface area contributed by atoms with Crippen LogP contribution >= 0.6 is 0 Å². The average Bonchev–Trinajstić information content (AvgIpc) is 2.95. The smallest absolute Gasteiger partial charge is 0.255 e. The third kappa shape index (κ3) is 3.77. The van der Waals surface area contributed by atoms with Gasteiger partial charge in [0, 0.05) is 11.3 Å². The number of aromatic nitrogens is 1. The molecule has 0 fully saturated rings. The van der Waals surface area contributed by atoms with Gasteiger partial charge in [0.1, 0.15) is 18.1 Å². The lowest BCUT2D eigenvalue weighted by Gasteiger charge is -2.12. The fourth-order valence-corrected chi connectivity index (χ4v) is 2.76. The molecule has 3 aromatic rings. The van der Waals surface area contributed by atoms with Crippen LogP contribution in [0.4, 0.5) is 5.69 Å². The van der Waals surface area contributed by atoms with Crippen molar-refractivity contribution in [1.82, 2.24) is 5.16 Å². The van der Waals surface area contributed by atoms with Gasteiger partial charge in [0.25, 0.3) is 5.91 Å². The van der Waals surface area contributed by atoms with E-state index in [2.05, 4.69) is 10.5 Å². The molecule has 0 radical (unpaired) electrons. The quantitative estimate of drug-likeness (QED) is 0.722. The molecule has 2 aromatic carbocycles. The number of rotatable bonds is 5. The van der Waals surface area contributed by atoms with Gasteiger partial charge in [0.05, 0.1) is 11.3 Å². The van der Waals surface area contributed by atoms with Crippen molar-refractivity contribution in [3.8, 4) is 5.75 Å². The highest BCUT2D eigenvalue weighted by Gasteiger charge is 2.11. The van der Waals surface area contributed by atoms with Gasteiger partial charge < -0.3 is 14.6 Å². The monoisotopic (exact) mass is 350 g/mol. The molecular formula is C21H22N2O3. The van der Waals surface area contributed by atoms with Gasteiger partial charge in [0.2, 0.25) is 0 Å². The molecular weight excluding hydrogens is 328 g/mol. The fraction of sp³-hybridized carbons (Fsp3) is 0.238. The van der Waals surface area contributed by atoms with Crippen LogP contribution in [0, 0.1) is 27.7 Å². The minimum atomic E-state index is -0.139. The van der Waals surface area contributed by atoms with Crippen molar-refractivity contribution >= 4 is 11.6 Å². The molecule has 0 spiro atoms. The highest BCUT2D eigenvalue weighted by Crippen LogP contribution is 2.22. The van der Waals surface area contributed by atoms with E-state index in [-0.39, 0.29) is 5.91 Å². The lowest BCUT2D eigenvalue weighted by atomic mass is 10.1. The number of hydrogen-bond donors (Lipinski definition) is 1. The molecule has 0 aliphatic rings. The van der Waals surface area contributed by atoms with Crippen LogP contribution in [0.5, 0.6) is 5.75 Å².